The molecule has 2 aromatic heterocycles. The average molecular weight is 385 g/mol. The molecule has 0 spiro atoms. The van der Waals surface area contributed by atoms with Crippen LogP contribution in [0.4, 0.5) is 0 Å². The highest BCUT2D eigenvalue weighted by Gasteiger charge is 2.29. The van der Waals surface area contributed by atoms with Gasteiger partial charge in [0.15, 0.2) is 0 Å². The zero-order valence-electron chi connectivity index (χ0n) is 15.3. The van der Waals surface area contributed by atoms with Crippen molar-refractivity contribution in [1.29, 1.82) is 0 Å². The van der Waals surface area contributed by atoms with Gasteiger partial charge in [0.2, 0.25) is 5.91 Å². The van der Waals surface area contributed by atoms with Gasteiger partial charge in [0, 0.05) is 55.7 Å². The number of hydrogen-bond acceptors (Lipinski definition) is 5. The molecule has 3 heterocycles. The Labute approximate surface area is 163 Å². The summed E-state index contributed by atoms with van der Waals surface area (Å²) in [7, 11) is 0. The third-order valence-electron chi connectivity index (χ3n) is 5.16. The van der Waals surface area contributed by atoms with E-state index in [1.807, 2.05) is 11.0 Å². The summed E-state index contributed by atoms with van der Waals surface area (Å²) in [5.74, 6) is 0.774. The molecular formula is C20H24N4O2S. The maximum absolute atomic E-state index is 12.7. The Morgan fingerprint density at radius 3 is 2.96 bits per heavy atom. The van der Waals surface area contributed by atoms with Crippen LogP contribution in [-0.4, -0.2) is 46.3 Å². The van der Waals surface area contributed by atoms with Crippen molar-refractivity contribution < 1.29 is 9.59 Å². The van der Waals surface area contributed by atoms with E-state index in [1.54, 1.807) is 29.8 Å². The first-order chi connectivity index (χ1) is 13.2. The summed E-state index contributed by atoms with van der Waals surface area (Å²) in [5.41, 5.74) is 1.67. The Kier molecular flexibility index (Phi) is 5.48. The van der Waals surface area contributed by atoms with Crippen molar-refractivity contribution in [2.45, 2.75) is 38.0 Å². The number of rotatable bonds is 6. The second-order valence-corrected chi connectivity index (χ2v) is 8.21. The lowest BCUT2D eigenvalue weighted by molar-refractivity contribution is -0.122. The zero-order chi connectivity index (χ0) is 18.6. The van der Waals surface area contributed by atoms with E-state index >= 15 is 0 Å². The van der Waals surface area contributed by atoms with E-state index in [0.29, 0.717) is 24.6 Å². The Morgan fingerprint density at radius 1 is 1.30 bits per heavy atom. The van der Waals surface area contributed by atoms with Crippen LogP contribution in [0, 0.1) is 5.92 Å². The fourth-order valence-electron chi connectivity index (χ4n) is 3.46. The summed E-state index contributed by atoms with van der Waals surface area (Å²) in [6, 6.07) is 3.61. The van der Waals surface area contributed by atoms with Crippen molar-refractivity contribution in [1.82, 2.24) is 20.2 Å². The first kappa shape index (κ1) is 18.1. The number of nitrogens with one attached hydrogen (secondary N) is 1. The van der Waals surface area contributed by atoms with Gasteiger partial charge in [-0.1, -0.05) is 0 Å². The molecule has 2 fully saturated rings. The molecule has 1 saturated carbocycles. The predicted octanol–water partition coefficient (Wildman–Crippen LogP) is 2.63. The van der Waals surface area contributed by atoms with Crippen molar-refractivity contribution in [3.63, 3.8) is 0 Å². The first-order valence-corrected chi connectivity index (χ1v) is 10.5. The van der Waals surface area contributed by atoms with Gasteiger partial charge < -0.3 is 10.2 Å². The number of carbonyl (C=O) groups excluding carboxylic acids is 2. The number of piperidine rings is 1. The van der Waals surface area contributed by atoms with Gasteiger partial charge in [-0.05, 0) is 37.8 Å². The molecule has 1 aliphatic heterocycles. The van der Waals surface area contributed by atoms with E-state index < -0.39 is 0 Å². The second-order valence-electron chi connectivity index (χ2n) is 7.32. The van der Waals surface area contributed by atoms with Gasteiger partial charge in [-0.2, -0.15) is 0 Å². The minimum Gasteiger partial charge on any atom is -0.355 e. The van der Waals surface area contributed by atoms with Crippen LogP contribution >= 0.6 is 11.3 Å². The molecule has 1 N–H and O–H groups in total. The topological polar surface area (TPSA) is 75.2 Å². The van der Waals surface area contributed by atoms with Crippen LogP contribution in [0.25, 0.3) is 0 Å². The molecule has 1 aliphatic carbocycles. The summed E-state index contributed by atoms with van der Waals surface area (Å²) >= 11 is 1.67. The van der Waals surface area contributed by atoms with E-state index in [1.165, 1.54) is 0 Å². The molecule has 142 valence electrons. The van der Waals surface area contributed by atoms with Crippen molar-refractivity contribution in [3.05, 3.63) is 46.2 Å². The molecular weight excluding hydrogens is 360 g/mol. The number of pyridine rings is 1. The molecule has 2 amide bonds. The maximum Gasteiger partial charge on any atom is 0.255 e. The molecule has 2 aromatic rings. The normalized spacial score (nSPS) is 19.7. The van der Waals surface area contributed by atoms with E-state index in [4.69, 9.17) is 4.98 Å². The molecule has 0 aromatic carbocycles. The number of carbonyl (C=O) groups is 2. The summed E-state index contributed by atoms with van der Waals surface area (Å²) < 4.78 is 0. The quantitative estimate of drug-likeness (QED) is 0.831. The van der Waals surface area contributed by atoms with E-state index in [0.717, 1.165) is 49.4 Å². The number of amides is 2. The molecule has 27 heavy (non-hydrogen) atoms. The van der Waals surface area contributed by atoms with Crippen LogP contribution in [0.5, 0.6) is 0 Å². The van der Waals surface area contributed by atoms with Crippen LogP contribution in [0.3, 0.4) is 0 Å². The SMILES string of the molecule is O=C(NCCc1csc([C@H]2CCCN(C(=O)c3cccnc3)C2)n1)C1CC1. The van der Waals surface area contributed by atoms with Gasteiger partial charge in [-0.3, -0.25) is 14.6 Å². The number of aromatic nitrogens is 2. The monoisotopic (exact) mass is 384 g/mol. The van der Waals surface area contributed by atoms with Crippen molar-refractivity contribution in [2.24, 2.45) is 5.92 Å². The number of thiazole rings is 1. The Bertz CT molecular complexity index is 803. The first-order valence-electron chi connectivity index (χ1n) is 9.62. The summed E-state index contributed by atoms with van der Waals surface area (Å²) in [6.45, 7) is 2.14. The highest BCUT2D eigenvalue weighted by molar-refractivity contribution is 7.09. The van der Waals surface area contributed by atoms with Crippen LogP contribution in [-0.2, 0) is 11.2 Å². The Balaban J connectivity index is 1.32. The molecule has 1 atom stereocenters. The van der Waals surface area contributed by atoms with Crippen molar-refractivity contribution in [2.75, 3.05) is 19.6 Å². The molecule has 1 saturated heterocycles. The van der Waals surface area contributed by atoms with Crippen LogP contribution in [0.1, 0.15) is 52.7 Å². The molecule has 0 radical (unpaired) electrons. The maximum atomic E-state index is 12.7. The smallest absolute Gasteiger partial charge is 0.255 e. The van der Waals surface area contributed by atoms with Gasteiger partial charge in [-0.25, -0.2) is 4.98 Å². The van der Waals surface area contributed by atoms with E-state index in [9.17, 15) is 9.59 Å². The van der Waals surface area contributed by atoms with Gasteiger partial charge in [0.1, 0.15) is 0 Å². The highest BCUT2D eigenvalue weighted by Crippen LogP contribution is 2.30. The molecule has 6 nitrogen and oxygen atoms in total. The fourth-order valence-corrected chi connectivity index (χ4v) is 4.45. The highest BCUT2D eigenvalue weighted by atomic mass is 32.1. The van der Waals surface area contributed by atoms with Crippen molar-refractivity contribution in [3.8, 4) is 0 Å². The molecule has 0 bridgehead atoms. The summed E-state index contributed by atoms with van der Waals surface area (Å²) in [5, 5.41) is 6.17. The predicted molar refractivity (Wildman–Crippen MR) is 104 cm³/mol. The minimum atomic E-state index is 0.0485. The average Bonchev–Trinajstić information content (AvgIpc) is 3.47. The van der Waals surface area contributed by atoms with Crippen LogP contribution in [0.2, 0.25) is 0 Å². The molecule has 0 unspecified atom stereocenters. The summed E-state index contributed by atoms with van der Waals surface area (Å²) in [6.07, 6.45) is 8.18. The summed E-state index contributed by atoms with van der Waals surface area (Å²) in [4.78, 5) is 35.1. The van der Waals surface area contributed by atoms with Crippen LogP contribution in [0.15, 0.2) is 29.9 Å². The standard InChI is InChI=1S/C20H24N4O2S/c25-18(14-5-6-14)22-9-7-17-13-27-19(23-17)16-4-2-10-24(12-16)20(26)15-3-1-8-21-11-15/h1,3,8,11,13-14,16H,2,4-7,9-10,12H2,(H,22,25)/t16-/m0/s1. The van der Waals surface area contributed by atoms with Gasteiger partial charge in [0.05, 0.1) is 16.3 Å². The number of hydrogen-bond donors (Lipinski definition) is 1. The van der Waals surface area contributed by atoms with E-state index in [-0.39, 0.29) is 17.7 Å². The molecule has 4 rings (SSSR count). The minimum absolute atomic E-state index is 0.0485. The van der Waals surface area contributed by atoms with Crippen LogP contribution < -0.4 is 5.32 Å². The lowest BCUT2D eigenvalue weighted by Gasteiger charge is -2.31. The van der Waals surface area contributed by atoms with Gasteiger partial charge >= 0.3 is 0 Å². The third-order valence-corrected chi connectivity index (χ3v) is 6.22. The lowest BCUT2D eigenvalue weighted by atomic mass is 9.98. The van der Waals surface area contributed by atoms with E-state index in [2.05, 4.69) is 15.7 Å². The Hall–Kier alpha value is -2.28. The van der Waals surface area contributed by atoms with Gasteiger partial charge in [-0.15, -0.1) is 11.3 Å². The number of likely N-dealkylation sites (tertiary alicyclic amines) is 1. The number of nitrogens with zero attached hydrogens (tertiary/aromatic N) is 3. The Morgan fingerprint density at radius 2 is 2.19 bits per heavy atom. The largest absolute Gasteiger partial charge is 0.355 e. The van der Waals surface area contributed by atoms with Crippen molar-refractivity contribution >= 4 is 23.2 Å². The fraction of sp³-hybridized carbons (Fsp3) is 0.500. The zero-order valence-corrected chi connectivity index (χ0v) is 16.1. The van der Waals surface area contributed by atoms with Gasteiger partial charge in [0.25, 0.3) is 5.91 Å². The lowest BCUT2D eigenvalue weighted by Crippen LogP contribution is -2.39. The molecule has 2 aliphatic rings. The molecule has 7 heteroatoms. The third kappa shape index (κ3) is 4.53. The second kappa shape index (κ2) is 8.17.